The Morgan fingerprint density at radius 3 is 0.711 bits per heavy atom. The van der Waals surface area contributed by atoms with Crippen molar-refractivity contribution in [3.8, 4) is 0 Å². The van der Waals surface area contributed by atoms with E-state index in [1.807, 2.05) is 0 Å². The van der Waals surface area contributed by atoms with Gasteiger partial charge in [0.1, 0.15) is 19.3 Å². The summed E-state index contributed by atoms with van der Waals surface area (Å²) < 4.78 is 67.8. The summed E-state index contributed by atoms with van der Waals surface area (Å²) in [6.45, 7) is 4.82. The topological polar surface area (TPSA) is 237 Å². The molecule has 0 rings (SSSR count). The summed E-state index contributed by atoms with van der Waals surface area (Å²) in [4.78, 5) is 72.0. The van der Waals surface area contributed by atoms with Gasteiger partial charge in [-0.15, -0.1) is 0 Å². The quantitative estimate of drug-likeness (QED) is 0.0222. The standard InChI is InChI=1S/C64H124O17P2/c1-5-9-13-17-20-23-26-29-30-33-36-39-43-47-51-64(69)81-60(55-75-62(67)49-45-41-37-34-31-27-24-21-18-14-10-6-2)57-79-83(72,73)77-53-58(65)52-76-82(70,71)78-56-59(54-74-61(66)48-44-40-16-12-8-4)80-63(68)50-46-42-38-35-32-28-25-22-19-15-11-7-3/h58-60,65H,5-57H2,1-4H3,(H,70,71)(H,72,73)/t58-,59+,60+/m0/s1. The Morgan fingerprint density at radius 2 is 0.482 bits per heavy atom. The van der Waals surface area contributed by atoms with Crippen LogP contribution in [0.1, 0.15) is 329 Å². The number of unbranched alkanes of at least 4 members (excludes halogenated alkanes) is 39. The van der Waals surface area contributed by atoms with Crippen molar-refractivity contribution in [2.45, 2.75) is 348 Å². The van der Waals surface area contributed by atoms with Crippen molar-refractivity contribution in [1.82, 2.24) is 0 Å². The molecule has 0 spiro atoms. The molecule has 0 aromatic rings. The van der Waals surface area contributed by atoms with Crippen LogP contribution >= 0.6 is 15.6 Å². The van der Waals surface area contributed by atoms with Crippen LogP contribution in [0.4, 0.5) is 0 Å². The molecule has 3 N–H and O–H groups in total. The molecule has 19 heteroatoms. The van der Waals surface area contributed by atoms with E-state index < -0.39 is 97.5 Å². The minimum atomic E-state index is -4.94. The Balaban J connectivity index is 5.17. The number of phosphoric ester groups is 2. The van der Waals surface area contributed by atoms with Crippen molar-refractivity contribution in [2.24, 2.45) is 0 Å². The van der Waals surface area contributed by atoms with E-state index in [2.05, 4.69) is 27.7 Å². The zero-order valence-corrected chi connectivity index (χ0v) is 54.9. The number of phosphoric acid groups is 2. The van der Waals surface area contributed by atoms with Crippen LogP contribution in [0.25, 0.3) is 0 Å². The molecule has 0 aromatic heterocycles. The number of carbonyl (C=O) groups excluding carboxylic acids is 4. The number of aliphatic hydroxyl groups excluding tert-OH is 1. The lowest BCUT2D eigenvalue weighted by atomic mass is 10.0. The first kappa shape index (κ1) is 81.1. The molecule has 0 heterocycles. The average molecular weight is 1230 g/mol. The lowest BCUT2D eigenvalue weighted by Crippen LogP contribution is -2.30. The van der Waals surface area contributed by atoms with Gasteiger partial charge in [-0.25, -0.2) is 9.13 Å². The molecular formula is C64H124O17P2. The summed E-state index contributed by atoms with van der Waals surface area (Å²) in [7, 11) is -9.88. The average Bonchev–Trinajstić information content (AvgIpc) is 3.46. The first-order chi connectivity index (χ1) is 40.2. The molecule has 492 valence electrons. The smallest absolute Gasteiger partial charge is 0.462 e. The third-order valence-electron chi connectivity index (χ3n) is 14.9. The summed E-state index contributed by atoms with van der Waals surface area (Å²) in [6, 6.07) is 0. The monoisotopic (exact) mass is 1230 g/mol. The Bertz CT molecular complexity index is 1600. The summed E-state index contributed by atoms with van der Waals surface area (Å²) in [6.07, 6.45) is 44.6. The molecule has 0 saturated heterocycles. The van der Waals surface area contributed by atoms with Crippen molar-refractivity contribution in [3.63, 3.8) is 0 Å². The van der Waals surface area contributed by atoms with E-state index >= 15 is 0 Å². The minimum Gasteiger partial charge on any atom is -0.462 e. The third-order valence-corrected chi connectivity index (χ3v) is 16.8. The second-order valence-corrected chi connectivity index (χ2v) is 26.1. The molecule has 0 saturated carbocycles. The zero-order valence-electron chi connectivity index (χ0n) is 53.2. The Labute approximate surface area is 505 Å². The van der Waals surface area contributed by atoms with E-state index in [9.17, 15) is 43.2 Å². The predicted octanol–water partition coefficient (Wildman–Crippen LogP) is 17.9. The number of rotatable bonds is 65. The largest absolute Gasteiger partial charge is 0.472 e. The molecule has 0 amide bonds. The highest BCUT2D eigenvalue weighted by atomic mass is 31.2. The normalized spacial score (nSPS) is 14.2. The fourth-order valence-corrected chi connectivity index (χ4v) is 11.2. The predicted molar refractivity (Wildman–Crippen MR) is 331 cm³/mol. The van der Waals surface area contributed by atoms with Crippen molar-refractivity contribution in [3.05, 3.63) is 0 Å². The fraction of sp³-hybridized carbons (Fsp3) is 0.938. The third kappa shape index (κ3) is 58.8. The molecule has 2 unspecified atom stereocenters. The van der Waals surface area contributed by atoms with E-state index in [1.54, 1.807) is 0 Å². The van der Waals surface area contributed by atoms with Gasteiger partial charge in [0.05, 0.1) is 26.4 Å². The van der Waals surface area contributed by atoms with Gasteiger partial charge in [-0.2, -0.15) is 0 Å². The van der Waals surface area contributed by atoms with Gasteiger partial charge in [-0.3, -0.25) is 37.3 Å². The van der Waals surface area contributed by atoms with Crippen molar-refractivity contribution in [2.75, 3.05) is 39.6 Å². The number of carbonyl (C=O) groups is 4. The Hall–Kier alpha value is -1.94. The summed E-state index contributed by atoms with van der Waals surface area (Å²) in [5.74, 6) is -2.14. The van der Waals surface area contributed by atoms with Crippen LogP contribution in [-0.2, 0) is 65.4 Å². The van der Waals surface area contributed by atoms with Crippen LogP contribution in [0.2, 0.25) is 0 Å². The molecule has 0 fully saturated rings. The Morgan fingerprint density at radius 1 is 0.289 bits per heavy atom. The second kappa shape index (κ2) is 59.0. The SMILES string of the molecule is CCCCCCCCCCCCCCCCC(=O)O[C@H](COC(=O)CCCCCCCCCCCCCC)COP(=O)(O)OC[C@@H](O)COP(=O)(O)OC[C@@H](COC(=O)CCCCCCC)OC(=O)CCCCCCCCCCCCCC. The van der Waals surface area contributed by atoms with Crippen LogP contribution in [0.3, 0.4) is 0 Å². The van der Waals surface area contributed by atoms with E-state index in [0.29, 0.717) is 25.7 Å². The highest BCUT2D eigenvalue weighted by Gasteiger charge is 2.30. The molecule has 0 aliphatic carbocycles. The van der Waals surface area contributed by atoms with Crippen LogP contribution in [0, 0.1) is 0 Å². The number of esters is 4. The Kier molecular flexibility index (Phi) is 57.7. The van der Waals surface area contributed by atoms with Crippen LogP contribution < -0.4 is 0 Å². The number of hydrogen-bond donors (Lipinski definition) is 3. The maximum Gasteiger partial charge on any atom is 0.472 e. The molecule has 5 atom stereocenters. The van der Waals surface area contributed by atoms with Gasteiger partial charge < -0.3 is 33.8 Å². The van der Waals surface area contributed by atoms with Gasteiger partial charge in [0.15, 0.2) is 12.2 Å². The van der Waals surface area contributed by atoms with Crippen LogP contribution in [0.5, 0.6) is 0 Å². The van der Waals surface area contributed by atoms with Gasteiger partial charge in [0, 0.05) is 25.7 Å². The van der Waals surface area contributed by atoms with Crippen molar-refractivity contribution < 1.29 is 80.2 Å². The van der Waals surface area contributed by atoms with Crippen LogP contribution in [0.15, 0.2) is 0 Å². The maximum absolute atomic E-state index is 13.0. The highest BCUT2D eigenvalue weighted by Crippen LogP contribution is 2.45. The molecular weight excluding hydrogens is 1100 g/mol. The number of hydrogen-bond acceptors (Lipinski definition) is 15. The second-order valence-electron chi connectivity index (χ2n) is 23.2. The van der Waals surface area contributed by atoms with E-state index in [0.717, 1.165) is 96.3 Å². The first-order valence-electron chi connectivity index (χ1n) is 33.8. The van der Waals surface area contributed by atoms with E-state index in [-0.39, 0.29) is 25.7 Å². The van der Waals surface area contributed by atoms with Crippen molar-refractivity contribution >= 4 is 39.5 Å². The first-order valence-corrected chi connectivity index (χ1v) is 36.8. The van der Waals surface area contributed by atoms with E-state index in [4.69, 9.17) is 37.0 Å². The fourth-order valence-electron chi connectivity index (χ4n) is 9.63. The number of aliphatic hydroxyl groups is 1. The minimum absolute atomic E-state index is 0.107. The van der Waals surface area contributed by atoms with Gasteiger partial charge >= 0.3 is 39.5 Å². The summed E-state index contributed by atoms with van der Waals surface area (Å²) in [5, 5.41) is 10.5. The molecule has 83 heavy (non-hydrogen) atoms. The molecule has 0 aliphatic rings. The van der Waals surface area contributed by atoms with Crippen LogP contribution in [-0.4, -0.2) is 96.7 Å². The van der Waals surface area contributed by atoms with Gasteiger partial charge in [0.2, 0.25) is 0 Å². The van der Waals surface area contributed by atoms with E-state index in [1.165, 1.54) is 154 Å². The maximum atomic E-state index is 13.0. The zero-order chi connectivity index (χ0) is 61.2. The molecule has 0 radical (unpaired) electrons. The van der Waals surface area contributed by atoms with Gasteiger partial charge in [-0.1, -0.05) is 278 Å². The lowest BCUT2D eigenvalue weighted by Gasteiger charge is -2.21. The summed E-state index contributed by atoms with van der Waals surface area (Å²) in [5.41, 5.74) is 0. The number of ether oxygens (including phenoxy) is 4. The van der Waals surface area contributed by atoms with Gasteiger partial charge in [0.25, 0.3) is 0 Å². The highest BCUT2D eigenvalue weighted by molar-refractivity contribution is 7.47. The lowest BCUT2D eigenvalue weighted by molar-refractivity contribution is -0.161. The molecule has 17 nitrogen and oxygen atoms in total. The molecule has 0 aromatic carbocycles. The van der Waals surface area contributed by atoms with Crippen molar-refractivity contribution in [1.29, 1.82) is 0 Å². The van der Waals surface area contributed by atoms with Gasteiger partial charge in [-0.05, 0) is 25.7 Å². The molecule has 0 bridgehead atoms. The molecule has 0 aliphatic heterocycles. The summed E-state index contributed by atoms with van der Waals surface area (Å²) >= 11 is 0.